The van der Waals surface area contributed by atoms with E-state index in [0.717, 1.165) is 25.6 Å². The maximum absolute atomic E-state index is 4.43. The van der Waals surface area contributed by atoms with Crippen LogP contribution in [-0.2, 0) is 0 Å². The second-order valence-corrected chi connectivity index (χ2v) is 8.23. The minimum absolute atomic E-state index is 0.458. The molecule has 1 saturated carbocycles. The number of nitrogens with one attached hydrogen (secondary N) is 2. The summed E-state index contributed by atoms with van der Waals surface area (Å²) in [5.41, 5.74) is 0.458. The molecule has 128 valence electrons. The lowest BCUT2D eigenvalue weighted by Gasteiger charge is -2.34. The Balaban J connectivity index is 1.43. The zero-order valence-corrected chi connectivity index (χ0v) is 15.3. The second kappa shape index (κ2) is 7.56. The van der Waals surface area contributed by atoms with E-state index < -0.39 is 0 Å². The van der Waals surface area contributed by atoms with Crippen molar-refractivity contribution in [3.05, 3.63) is 17.5 Å². The molecule has 3 rings (SSSR count). The van der Waals surface area contributed by atoms with Gasteiger partial charge >= 0.3 is 0 Å². The Bertz CT molecular complexity index is 497. The summed E-state index contributed by atoms with van der Waals surface area (Å²) < 4.78 is 0. The molecular weight excluding hydrogens is 304 g/mol. The Hall–Kier alpha value is -1.23. The van der Waals surface area contributed by atoms with Crippen LogP contribution in [0.2, 0.25) is 0 Å². The van der Waals surface area contributed by atoms with Crippen LogP contribution >= 0.6 is 11.3 Å². The largest absolute Gasteiger partial charge is 0.363 e. The van der Waals surface area contributed by atoms with Gasteiger partial charge in [0.15, 0.2) is 5.96 Å². The third kappa shape index (κ3) is 4.40. The molecule has 0 radical (unpaired) electrons. The number of nitrogens with zero attached hydrogens (tertiary/aromatic N) is 2. The minimum atomic E-state index is 0.458. The predicted octanol–water partition coefficient (Wildman–Crippen LogP) is 3.46. The van der Waals surface area contributed by atoms with Crippen molar-refractivity contribution in [3.8, 4) is 0 Å². The number of hydrogen-bond acceptors (Lipinski definition) is 3. The fraction of sp³-hybridized carbons (Fsp3) is 0.722. The quantitative estimate of drug-likeness (QED) is 0.654. The van der Waals surface area contributed by atoms with Crippen molar-refractivity contribution in [2.24, 2.45) is 10.4 Å². The normalized spacial score (nSPS) is 22.3. The van der Waals surface area contributed by atoms with E-state index in [9.17, 15) is 0 Å². The summed E-state index contributed by atoms with van der Waals surface area (Å²) in [4.78, 5) is 6.92. The van der Waals surface area contributed by atoms with Crippen molar-refractivity contribution < 1.29 is 0 Å². The molecule has 2 heterocycles. The van der Waals surface area contributed by atoms with Gasteiger partial charge in [0.05, 0.1) is 5.00 Å². The minimum Gasteiger partial charge on any atom is -0.363 e. The molecule has 1 aliphatic carbocycles. The van der Waals surface area contributed by atoms with Crippen LogP contribution in [0.1, 0.15) is 45.4 Å². The summed E-state index contributed by atoms with van der Waals surface area (Å²) >= 11 is 1.84. The van der Waals surface area contributed by atoms with E-state index in [0.29, 0.717) is 11.5 Å². The van der Waals surface area contributed by atoms with Gasteiger partial charge in [-0.15, -0.1) is 11.3 Å². The zero-order valence-electron chi connectivity index (χ0n) is 14.5. The average molecular weight is 335 g/mol. The first-order valence-electron chi connectivity index (χ1n) is 8.94. The molecule has 4 nitrogen and oxygen atoms in total. The average Bonchev–Trinajstić information content (AvgIpc) is 3.24. The molecule has 5 heteroatoms. The maximum Gasteiger partial charge on any atom is 0.191 e. The molecule has 1 aliphatic heterocycles. The lowest BCUT2D eigenvalue weighted by molar-refractivity contribution is 0.332. The summed E-state index contributed by atoms with van der Waals surface area (Å²) in [6, 6.07) is 4.90. The highest BCUT2D eigenvalue weighted by Crippen LogP contribution is 2.36. The lowest BCUT2D eigenvalue weighted by Crippen LogP contribution is -2.50. The molecular formula is C18H30N4S. The summed E-state index contributed by atoms with van der Waals surface area (Å²) in [6.07, 6.45) is 7.80. The monoisotopic (exact) mass is 334 g/mol. The summed E-state index contributed by atoms with van der Waals surface area (Å²) in [7, 11) is 1.88. The van der Waals surface area contributed by atoms with Crippen molar-refractivity contribution >= 4 is 22.3 Å². The standard InChI is InChI=1S/C18H30N4S/c1-18(9-3-4-10-18)14-20-17(19-2)21-15-7-11-22(12-8-15)16-6-5-13-23-16/h5-6,13,15H,3-4,7-12,14H2,1-2H3,(H2,19,20,21). The fourth-order valence-corrected chi connectivity index (χ4v) is 4.57. The van der Waals surface area contributed by atoms with Crippen molar-refractivity contribution in [1.29, 1.82) is 0 Å². The number of rotatable bonds is 4. The van der Waals surface area contributed by atoms with Crippen molar-refractivity contribution in [1.82, 2.24) is 10.6 Å². The number of piperidine rings is 1. The number of hydrogen-bond donors (Lipinski definition) is 2. The molecule has 0 aromatic carbocycles. The second-order valence-electron chi connectivity index (χ2n) is 7.30. The van der Waals surface area contributed by atoms with Gasteiger partial charge in [-0.05, 0) is 48.6 Å². The SMILES string of the molecule is CN=C(NCC1(C)CCCC1)NC1CCN(c2cccs2)CC1. The van der Waals surface area contributed by atoms with Gasteiger partial charge in [0, 0.05) is 32.7 Å². The predicted molar refractivity (Wildman–Crippen MR) is 101 cm³/mol. The van der Waals surface area contributed by atoms with Crippen molar-refractivity contribution in [2.75, 3.05) is 31.6 Å². The summed E-state index contributed by atoms with van der Waals surface area (Å²) in [5.74, 6) is 0.979. The highest BCUT2D eigenvalue weighted by Gasteiger charge is 2.29. The van der Waals surface area contributed by atoms with Crippen LogP contribution in [0.3, 0.4) is 0 Å². The smallest absolute Gasteiger partial charge is 0.191 e. The van der Waals surface area contributed by atoms with Gasteiger partial charge in [0.1, 0.15) is 0 Å². The van der Waals surface area contributed by atoms with Crippen LogP contribution in [0, 0.1) is 5.41 Å². The Kier molecular flexibility index (Phi) is 5.46. The van der Waals surface area contributed by atoms with E-state index in [1.54, 1.807) is 0 Å². The highest BCUT2D eigenvalue weighted by atomic mass is 32.1. The van der Waals surface area contributed by atoms with Gasteiger partial charge in [-0.1, -0.05) is 19.8 Å². The van der Waals surface area contributed by atoms with E-state index in [4.69, 9.17) is 0 Å². The molecule has 0 spiro atoms. The van der Waals surface area contributed by atoms with Crippen molar-refractivity contribution in [2.45, 2.75) is 51.5 Å². The number of aliphatic imine (C=N–C) groups is 1. The number of thiophene rings is 1. The van der Waals surface area contributed by atoms with Crippen LogP contribution in [0.25, 0.3) is 0 Å². The number of guanidine groups is 1. The molecule has 1 aromatic rings. The molecule has 0 unspecified atom stereocenters. The molecule has 0 amide bonds. The first-order valence-corrected chi connectivity index (χ1v) is 9.82. The Labute approximate surface area is 144 Å². The van der Waals surface area contributed by atoms with Crippen LogP contribution in [-0.4, -0.2) is 38.7 Å². The molecule has 0 bridgehead atoms. The Morgan fingerprint density at radius 2 is 2.09 bits per heavy atom. The molecule has 23 heavy (non-hydrogen) atoms. The lowest BCUT2D eigenvalue weighted by atomic mass is 9.89. The molecule has 2 N–H and O–H groups in total. The van der Waals surface area contributed by atoms with Crippen LogP contribution < -0.4 is 15.5 Å². The topological polar surface area (TPSA) is 39.7 Å². The van der Waals surface area contributed by atoms with E-state index in [2.05, 4.69) is 45.0 Å². The third-order valence-electron chi connectivity index (χ3n) is 5.37. The molecule has 1 saturated heterocycles. The highest BCUT2D eigenvalue weighted by molar-refractivity contribution is 7.14. The van der Waals surface area contributed by atoms with E-state index in [1.165, 1.54) is 43.5 Å². The number of anilines is 1. The van der Waals surface area contributed by atoms with Gasteiger partial charge in [0.2, 0.25) is 0 Å². The van der Waals surface area contributed by atoms with E-state index >= 15 is 0 Å². The zero-order chi connectivity index (χ0) is 16.1. The molecule has 0 atom stereocenters. The molecule has 1 aromatic heterocycles. The van der Waals surface area contributed by atoms with E-state index in [1.807, 2.05) is 18.4 Å². The third-order valence-corrected chi connectivity index (χ3v) is 6.30. The Morgan fingerprint density at radius 1 is 1.35 bits per heavy atom. The van der Waals surface area contributed by atoms with Gasteiger partial charge in [-0.2, -0.15) is 0 Å². The van der Waals surface area contributed by atoms with Gasteiger partial charge in [0.25, 0.3) is 0 Å². The van der Waals surface area contributed by atoms with Crippen LogP contribution in [0.4, 0.5) is 5.00 Å². The fourth-order valence-electron chi connectivity index (χ4n) is 3.78. The van der Waals surface area contributed by atoms with Gasteiger partial charge in [-0.3, -0.25) is 4.99 Å². The molecule has 2 aliphatic rings. The first kappa shape index (κ1) is 16.6. The van der Waals surface area contributed by atoms with Crippen LogP contribution in [0.15, 0.2) is 22.5 Å². The van der Waals surface area contributed by atoms with E-state index in [-0.39, 0.29) is 0 Å². The summed E-state index contributed by atoms with van der Waals surface area (Å²) in [6.45, 7) is 5.71. The Morgan fingerprint density at radius 3 is 2.70 bits per heavy atom. The molecule has 2 fully saturated rings. The first-order chi connectivity index (χ1) is 11.2. The summed E-state index contributed by atoms with van der Waals surface area (Å²) in [5, 5.41) is 10.8. The van der Waals surface area contributed by atoms with Crippen molar-refractivity contribution in [3.63, 3.8) is 0 Å². The maximum atomic E-state index is 4.43. The van der Waals surface area contributed by atoms with Crippen LogP contribution in [0.5, 0.6) is 0 Å². The van der Waals surface area contributed by atoms with Gasteiger partial charge < -0.3 is 15.5 Å². The van der Waals surface area contributed by atoms with Gasteiger partial charge in [-0.25, -0.2) is 0 Å².